The molecule has 2 rings (SSSR count). The minimum Gasteiger partial charge on any atom is -0.351 e. The van der Waals surface area contributed by atoms with Gasteiger partial charge in [0.15, 0.2) is 0 Å². The predicted octanol–water partition coefficient (Wildman–Crippen LogP) is 0.393. The SMILES string of the molecule is CS(=O)(=O)N1CCN(CCNC(=O)/C=C/c2ccccc2)CC1. The minimum absolute atomic E-state index is 0.122. The Morgan fingerprint density at radius 2 is 1.83 bits per heavy atom. The molecule has 1 amide bonds. The molecule has 0 saturated carbocycles. The van der Waals surface area contributed by atoms with Gasteiger partial charge in [0.2, 0.25) is 15.9 Å². The Balaban J connectivity index is 1.66. The first kappa shape index (κ1) is 17.7. The molecular weight excluding hydrogens is 314 g/mol. The molecule has 0 aliphatic carbocycles. The summed E-state index contributed by atoms with van der Waals surface area (Å²) in [4.78, 5) is 13.9. The van der Waals surface area contributed by atoms with Crippen molar-refractivity contribution in [3.05, 3.63) is 42.0 Å². The van der Waals surface area contributed by atoms with Crippen LogP contribution in [0.4, 0.5) is 0 Å². The summed E-state index contributed by atoms with van der Waals surface area (Å²) in [5, 5.41) is 2.84. The van der Waals surface area contributed by atoms with Crippen molar-refractivity contribution >= 4 is 22.0 Å². The maximum absolute atomic E-state index is 11.7. The summed E-state index contributed by atoms with van der Waals surface area (Å²) in [6, 6.07) is 9.65. The number of hydrogen-bond donors (Lipinski definition) is 1. The Hall–Kier alpha value is -1.70. The summed E-state index contributed by atoms with van der Waals surface area (Å²) in [6.45, 7) is 3.70. The van der Waals surface area contributed by atoms with Gasteiger partial charge in [0.25, 0.3) is 0 Å². The molecule has 23 heavy (non-hydrogen) atoms. The zero-order valence-electron chi connectivity index (χ0n) is 13.3. The normalized spacial score (nSPS) is 17.4. The minimum atomic E-state index is -3.09. The molecule has 0 radical (unpaired) electrons. The van der Waals surface area contributed by atoms with Crippen molar-refractivity contribution in [2.45, 2.75) is 0 Å². The van der Waals surface area contributed by atoms with Crippen molar-refractivity contribution in [1.29, 1.82) is 0 Å². The number of amides is 1. The summed E-state index contributed by atoms with van der Waals surface area (Å²) in [7, 11) is -3.09. The quantitative estimate of drug-likeness (QED) is 0.763. The Labute approximate surface area is 137 Å². The van der Waals surface area contributed by atoms with E-state index >= 15 is 0 Å². The molecular formula is C16H23N3O3S. The van der Waals surface area contributed by atoms with Gasteiger partial charge in [-0.3, -0.25) is 9.69 Å². The fourth-order valence-corrected chi connectivity index (χ4v) is 3.24. The molecule has 1 aromatic carbocycles. The Kier molecular flexibility index (Phi) is 6.32. The fraction of sp³-hybridized carbons (Fsp3) is 0.438. The highest BCUT2D eigenvalue weighted by Crippen LogP contribution is 2.05. The lowest BCUT2D eigenvalue weighted by Crippen LogP contribution is -2.49. The van der Waals surface area contributed by atoms with Crippen LogP contribution in [0.5, 0.6) is 0 Å². The van der Waals surface area contributed by atoms with Crippen LogP contribution in [0.15, 0.2) is 36.4 Å². The molecule has 0 bridgehead atoms. The largest absolute Gasteiger partial charge is 0.351 e. The van der Waals surface area contributed by atoms with Gasteiger partial charge < -0.3 is 5.32 Å². The summed E-state index contributed by atoms with van der Waals surface area (Å²) in [5.41, 5.74) is 0.986. The maximum atomic E-state index is 11.7. The van der Waals surface area contributed by atoms with Crippen molar-refractivity contribution in [3.63, 3.8) is 0 Å². The van der Waals surface area contributed by atoms with Crippen LogP contribution in [0.2, 0.25) is 0 Å². The van der Waals surface area contributed by atoms with Crippen LogP contribution in [0.25, 0.3) is 6.08 Å². The number of nitrogens with zero attached hydrogens (tertiary/aromatic N) is 2. The predicted molar refractivity (Wildman–Crippen MR) is 91.3 cm³/mol. The zero-order valence-corrected chi connectivity index (χ0v) is 14.1. The third-order valence-corrected chi connectivity index (χ3v) is 5.06. The lowest BCUT2D eigenvalue weighted by molar-refractivity contribution is -0.116. The van der Waals surface area contributed by atoms with E-state index in [-0.39, 0.29) is 5.91 Å². The van der Waals surface area contributed by atoms with Crippen LogP contribution in [0, 0.1) is 0 Å². The highest BCUT2D eigenvalue weighted by Gasteiger charge is 2.22. The number of carbonyl (C=O) groups excluding carboxylic acids is 1. The summed E-state index contributed by atoms with van der Waals surface area (Å²) in [6.07, 6.45) is 4.54. The Morgan fingerprint density at radius 1 is 1.17 bits per heavy atom. The van der Waals surface area contributed by atoms with E-state index in [4.69, 9.17) is 0 Å². The van der Waals surface area contributed by atoms with Gasteiger partial charge in [0.05, 0.1) is 6.26 Å². The summed E-state index contributed by atoms with van der Waals surface area (Å²) in [5.74, 6) is -0.122. The van der Waals surface area contributed by atoms with E-state index < -0.39 is 10.0 Å². The molecule has 0 atom stereocenters. The number of rotatable bonds is 6. The van der Waals surface area contributed by atoms with Crippen molar-refractivity contribution in [2.24, 2.45) is 0 Å². The second kappa shape index (κ2) is 8.24. The standard InChI is InChI=1S/C16H23N3O3S/c1-23(21,22)19-13-11-18(12-14-19)10-9-17-16(20)8-7-15-5-3-2-4-6-15/h2-8H,9-14H2,1H3,(H,17,20)/b8-7+. The van der Waals surface area contributed by atoms with E-state index in [0.29, 0.717) is 32.7 Å². The van der Waals surface area contributed by atoms with Crippen LogP contribution in [-0.2, 0) is 14.8 Å². The number of nitrogens with one attached hydrogen (secondary N) is 1. The van der Waals surface area contributed by atoms with Crippen LogP contribution >= 0.6 is 0 Å². The highest BCUT2D eigenvalue weighted by molar-refractivity contribution is 7.88. The van der Waals surface area contributed by atoms with Crippen LogP contribution < -0.4 is 5.32 Å². The van der Waals surface area contributed by atoms with Crippen LogP contribution in [0.1, 0.15) is 5.56 Å². The second-order valence-corrected chi connectivity index (χ2v) is 7.52. The molecule has 1 N–H and O–H groups in total. The number of piperazine rings is 1. The topological polar surface area (TPSA) is 69.7 Å². The first-order chi connectivity index (χ1) is 10.9. The molecule has 1 aliphatic heterocycles. The molecule has 1 fully saturated rings. The monoisotopic (exact) mass is 337 g/mol. The highest BCUT2D eigenvalue weighted by atomic mass is 32.2. The van der Waals surface area contributed by atoms with Crippen LogP contribution in [0.3, 0.4) is 0 Å². The van der Waals surface area contributed by atoms with Gasteiger partial charge in [-0.2, -0.15) is 4.31 Å². The lowest BCUT2D eigenvalue weighted by atomic mass is 10.2. The average Bonchev–Trinajstić information content (AvgIpc) is 2.53. The molecule has 1 heterocycles. The molecule has 0 unspecified atom stereocenters. The molecule has 0 aromatic heterocycles. The van der Waals surface area contributed by atoms with Crippen molar-refractivity contribution in [3.8, 4) is 0 Å². The summed E-state index contributed by atoms with van der Waals surface area (Å²) < 4.78 is 24.3. The molecule has 126 valence electrons. The smallest absolute Gasteiger partial charge is 0.244 e. The number of sulfonamides is 1. The molecule has 0 spiro atoms. The van der Waals surface area contributed by atoms with Gasteiger partial charge in [0.1, 0.15) is 0 Å². The van der Waals surface area contributed by atoms with Gasteiger partial charge in [-0.15, -0.1) is 0 Å². The van der Waals surface area contributed by atoms with Gasteiger partial charge in [-0.25, -0.2) is 8.42 Å². The van der Waals surface area contributed by atoms with E-state index in [1.165, 1.54) is 16.6 Å². The second-order valence-electron chi connectivity index (χ2n) is 5.54. The first-order valence-corrected chi connectivity index (χ1v) is 9.48. The number of benzene rings is 1. The Morgan fingerprint density at radius 3 is 2.43 bits per heavy atom. The molecule has 1 aromatic rings. The fourth-order valence-electron chi connectivity index (χ4n) is 2.42. The lowest BCUT2D eigenvalue weighted by Gasteiger charge is -2.33. The number of hydrogen-bond acceptors (Lipinski definition) is 4. The van der Waals surface area contributed by atoms with E-state index in [1.54, 1.807) is 6.08 Å². The Bertz CT molecular complexity index is 636. The van der Waals surface area contributed by atoms with Gasteiger partial charge in [-0.05, 0) is 11.6 Å². The zero-order chi connectivity index (χ0) is 16.7. The molecule has 1 saturated heterocycles. The van der Waals surface area contributed by atoms with E-state index in [9.17, 15) is 13.2 Å². The van der Waals surface area contributed by atoms with Gasteiger partial charge in [-0.1, -0.05) is 30.3 Å². The number of carbonyl (C=O) groups is 1. The van der Waals surface area contributed by atoms with Crippen molar-refractivity contribution < 1.29 is 13.2 Å². The van der Waals surface area contributed by atoms with E-state index in [0.717, 1.165) is 12.1 Å². The molecule has 7 heteroatoms. The third kappa shape index (κ3) is 6.13. The van der Waals surface area contributed by atoms with Crippen LogP contribution in [-0.4, -0.2) is 69.1 Å². The first-order valence-electron chi connectivity index (χ1n) is 7.63. The average molecular weight is 337 g/mol. The van der Waals surface area contributed by atoms with Gasteiger partial charge >= 0.3 is 0 Å². The molecule has 1 aliphatic rings. The van der Waals surface area contributed by atoms with Crippen molar-refractivity contribution in [1.82, 2.24) is 14.5 Å². The van der Waals surface area contributed by atoms with Gasteiger partial charge in [0, 0.05) is 45.3 Å². The maximum Gasteiger partial charge on any atom is 0.244 e. The third-order valence-electron chi connectivity index (χ3n) is 3.75. The van der Waals surface area contributed by atoms with E-state index in [1.807, 2.05) is 30.3 Å². The van der Waals surface area contributed by atoms with Crippen molar-refractivity contribution in [2.75, 3.05) is 45.5 Å². The summed E-state index contributed by atoms with van der Waals surface area (Å²) >= 11 is 0. The van der Waals surface area contributed by atoms with E-state index in [2.05, 4.69) is 10.2 Å². The molecule has 6 nitrogen and oxygen atoms in total.